The van der Waals surface area contributed by atoms with Crippen LogP contribution >= 0.6 is 0 Å². The van der Waals surface area contributed by atoms with Gasteiger partial charge in [0.25, 0.3) is 0 Å². The Bertz CT molecular complexity index is 591. The predicted molar refractivity (Wildman–Crippen MR) is 105 cm³/mol. The van der Waals surface area contributed by atoms with Crippen LogP contribution in [-0.2, 0) is 9.59 Å². The molecule has 6 heteroatoms. The largest absolute Gasteiger partial charge is 0.335 e. The lowest BCUT2D eigenvalue weighted by molar-refractivity contribution is -0.155. The van der Waals surface area contributed by atoms with E-state index < -0.39 is 0 Å². The van der Waals surface area contributed by atoms with E-state index in [0.29, 0.717) is 30.3 Å². The Morgan fingerprint density at radius 1 is 1.00 bits per heavy atom. The van der Waals surface area contributed by atoms with Crippen molar-refractivity contribution in [2.75, 3.05) is 19.6 Å². The second-order valence-electron chi connectivity index (χ2n) is 9.62. The number of carbonyl (C=O) groups is 2. The van der Waals surface area contributed by atoms with Crippen LogP contribution in [0, 0.1) is 17.8 Å². The van der Waals surface area contributed by atoms with Crippen molar-refractivity contribution in [1.82, 2.24) is 20.2 Å². The fraction of sp³-hybridized carbons (Fsp3) is 0.905. The molecule has 0 aromatic heterocycles. The highest BCUT2D eigenvalue weighted by Crippen LogP contribution is 2.42. The van der Waals surface area contributed by atoms with Crippen LogP contribution in [-0.4, -0.2) is 70.4 Å². The molecule has 2 aliphatic carbocycles. The van der Waals surface area contributed by atoms with E-state index in [2.05, 4.69) is 41.0 Å². The molecule has 152 valence electrons. The normalized spacial score (nSPS) is 37.6. The van der Waals surface area contributed by atoms with Crippen molar-refractivity contribution in [3.05, 3.63) is 0 Å². The summed E-state index contributed by atoms with van der Waals surface area (Å²) in [6.07, 6.45) is 5.36. The molecule has 2 heterocycles. The lowest BCUT2D eigenvalue weighted by Crippen LogP contribution is -2.67. The smallest absolute Gasteiger partial charge is 0.226 e. The minimum Gasteiger partial charge on any atom is -0.335 e. The predicted octanol–water partition coefficient (Wildman–Crippen LogP) is 1.86. The topological polar surface area (TPSA) is 55.9 Å². The zero-order chi connectivity index (χ0) is 19.3. The highest BCUT2D eigenvalue weighted by Gasteiger charge is 2.49. The minimum absolute atomic E-state index is 0.132. The maximum Gasteiger partial charge on any atom is 0.226 e. The molecule has 2 saturated heterocycles. The summed E-state index contributed by atoms with van der Waals surface area (Å²) >= 11 is 0. The Labute approximate surface area is 163 Å². The van der Waals surface area contributed by atoms with Crippen LogP contribution in [0.3, 0.4) is 0 Å². The molecule has 2 amide bonds. The first-order chi connectivity index (χ1) is 12.9. The number of carbonyl (C=O) groups excluding carboxylic acids is 2. The number of nitrogens with zero attached hydrogens (tertiary/aromatic N) is 3. The minimum atomic E-state index is 0.132. The number of amides is 2. The first kappa shape index (κ1) is 19.2. The lowest BCUT2D eigenvalue weighted by atomic mass is 9.73. The molecule has 4 unspecified atom stereocenters. The van der Waals surface area contributed by atoms with E-state index in [4.69, 9.17) is 0 Å². The third-order valence-corrected chi connectivity index (χ3v) is 7.37. The summed E-state index contributed by atoms with van der Waals surface area (Å²) in [4.78, 5) is 29.6. The number of fused-ring (bicyclic) bond motifs is 1. The van der Waals surface area contributed by atoms with Gasteiger partial charge in [0.05, 0.1) is 12.1 Å². The maximum atomic E-state index is 13.0. The molecule has 0 aromatic rings. The van der Waals surface area contributed by atoms with Gasteiger partial charge < -0.3 is 9.80 Å². The van der Waals surface area contributed by atoms with Gasteiger partial charge in [-0.25, -0.2) is 5.01 Å². The van der Waals surface area contributed by atoms with Crippen molar-refractivity contribution >= 4 is 11.8 Å². The second-order valence-corrected chi connectivity index (χ2v) is 9.62. The van der Waals surface area contributed by atoms with Crippen LogP contribution in [0.1, 0.15) is 59.8 Å². The fourth-order valence-electron chi connectivity index (χ4n) is 5.77. The van der Waals surface area contributed by atoms with Crippen LogP contribution in [0.15, 0.2) is 0 Å². The average Bonchev–Trinajstić information content (AvgIpc) is 3.35. The molecule has 4 aliphatic rings. The molecule has 0 spiro atoms. The van der Waals surface area contributed by atoms with Crippen molar-refractivity contribution < 1.29 is 9.59 Å². The molecule has 1 N–H and O–H groups in total. The standard InChI is InChI=1S/C21H36N4O2/c1-13(2)24-12-18(10-22-24)17-7-8-19-20(9-17)23(21(27)16-5-6-16)11-14(3)25(19)15(4)26/h13-14,16-20,22H,5-12H2,1-4H3/t14-,17?,18?,19?,20?/m0/s1. The van der Waals surface area contributed by atoms with E-state index in [1.807, 2.05) is 0 Å². The third kappa shape index (κ3) is 3.63. The summed E-state index contributed by atoms with van der Waals surface area (Å²) < 4.78 is 0. The lowest BCUT2D eigenvalue weighted by Gasteiger charge is -2.54. The van der Waals surface area contributed by atoms with E-state index in [9.17, 15) is 9.59 Å². The Morgan fingerprint density at radius 2 is 1.74 bits per heavy atom. The van der Waals surface area contributed by atoms with E-state index in [1.54, 1.807) is 6.92 Å². The SMILES string of the molecule is CC(=O)N1C2CCC(C3CNN(C(C)C)C3)CC2N(C(=O)C2CC2)C[C@@H]1C. The molecular formula is C21H36N4O2. The van der Waals surface area contributed by atoms with Crippen LogP contribution in [0.4, 0.5) is 0 Å². The van der Waals surface area contributed by atoms with Crippen molar-refractivity contribution in [2.24, 2.45) is 17.8 Å². The van der Waals surface area contributed by atoms with Crippen LogP contribution in [0.2, 0.25) is 0 Å². The van der Waals surface area contributed by atoms with Gasteiger partial charge in [-0.3, -0.25) is 15.0 Å². The monoisotopic (exact) mass is 376 g/mol. The van der Waals surface area contributed by atoms with Gasteiger partial charge in [-0.15, -0.1) is 0 Å². The van der Waals surface area contributed by atoms with Gasteiger partial charge in [0.2, 0.25) is 11.8 Å². The molecule has 0 aromatic carbocycles. The zero-order valence-corrected chi connectivity index (χ0v) is 17.4. The van der Waals surface area contributed by atoms with Gasteiger partial charge in [0, 0.05) is 44.6 Å². The van der Waals surface area contributed by atoms with E-state index >= 15 is 0 Å². The second kappa shape index (κ2) is 7.36. The fourth-order valence-corrected chi connectivity index (χ4v) is 5.77. The highest BCUT2D eigenvalue weighted by molar-refractivity contribution is 5.82. The number of hydrazine groups is 1. The molecule has 0 radical (unpaired) electrons. The molecule has 4 fully saturated rings. The van der Waals surface area contributed by atoms with Gasteiger partial charge in [-0.05, 0) is 64.7 Å². The van der Waals surface area contributed by atoms with Gasteiger partial charge in [-0.2, -0.15) is 0 Å². The number of rotatable bonds is 3. The first-order valence-corrected chi connectivity index (χ1v) is 11.0. The summed E-state index contributed by atoms with van der Waals surface area (Å²) in [5.41, 5.74) is 3.56. The summed E-state index contributed by atoms with van der Waals surface area (Å²) in [6.45, 7) is 11.1. The number of nitrogens with one attached hydrogen (secondary N) is 1. The molecular weight excluding hydrogens is 340 g/mol. The maximum absolute atomic E-state index is 13.0. The van der Waals surface area contributed by atoms with Crippen LogP contribution in [0.5, 0.6) is 0 Å². The van der Waals surface area contributed by atoms with Gasteiger partial charge in [0.1, 0.15) is 0 Å². The summed E-state index contributed by atoms with van der Waals surface area (Å²) in [7, 11) is 0. The summed E-state index contributed by atoms with van der Waals surface area (Å²) in [6, 6.07) is 1.07. The number of hydrogen-bond acceptors (Lipinski definition) is 4. The summed E-state index contributed by atoms with van der Waals surface area (Å²) in [5.74, 6) is 2.07. The van der Waals surface area contributed by atoms with E-state index in [0.717, 1.165) is 38.8 Å². The Morgan fingerprint density at radius 3 is 2.33 bits per heavy atom. The summed E-state index contributed by atoms with van der Waals surface area (Å²) in [5, 5.41) is 2.36. The number of hydrogen-bond donors (Lipinski definition) is 1. The van der Waals surface area contributed by atoms with Gasteiger partial charge in [0.15, 0.2) is 0 Å². The molecule has 6 nitrogen and oxygen atoms in total. The van der Waals surface area contributed by atoms with E-state index in [-0.39, 0.29) is 30.0 Å². The van der Waals surface area contributed by atoms with Crippen molar-refractivity contribution in [2.45, 2.75) is 84.0 Å². The average molecular weight is 377 g/mol. The van der Waals surface area contributed by atoms with Crippen LogP contribution in [0.25, 0.3) is 0 Å². The zero-order valence-electron chi connectivity index (χ0n) is 17.4. The number of piperazine rings is 1. The Balaban J connectivity index is 1.51. The molecule has 0 bridgehead atoms. The molecule has 27 heavy (non-hydrogen) atoms. The molecule has 5 atom stereocenters. The quantitative estimate of drug-likeness (QED) is 0.817. The first-order valence-electron chi connectivity index (χ1n) is 11.0. The van der Waals surface area contributed by atoms with E-state index in [1.165, 1.54) is 6.42 Å². The molecule has 4 rings (SSSR count). The highest BCUT2D eigenvalue weighted by atomic mass is 16.2. The Hall–Kier alpha value is -1.14. The molecule has 2 saturated carbocycles. The van der Waals surface area contributed by atoms with Crippen molar-refractivity contribution in [1.29, 1.82) is 0 Å². The van der Waals surface area contributed by atoms with Crippen molar-refractivity contribution in [3.63, 3.8) is 0 Å². The third-order valence-electron chi connectivity index (χ3n) is 7.37. The van der Waals surface area contributed by atoms with Gasteiger partial charge >= 0.3 is 0 Å². The molecule has 2 aliphatic heterocycles. The van der Waals surface area contributed by atoms with Crippen LogP contribution < -0.4 is 5.43 Å². The van der Waals surface area contributed by atoms with Crippen molar-refractivity contribution in [3.8, 4) is 0 Å². The van der Waals surface area contributed by atoms with Gasteiger partial charge in [-0.1, -0.05) is 0 Å². The Kier molecular flexibility index (Phi) is 5.23.